The summed E-state index contributed by atoms with van der Waals surface area (Å²) < 4.78 is 6.43. The Hall–Kier alpha value is -3.26. The van der Waals surface area contributed by atoms with Crippen molar-refractivity contribution in [3.05, 3.63) is 40.9 Å². The molecule has 0 fully saturated rings. The number of pyridine rings is 1. The van der Waals surface area contributed by atoms with Crippen molar-refractivity contribution in [2.75, 3.05) is 19.0 Å². The molecule has 0 aliphatic carbocycles. The van der Waals surface area contributed by atoms with Crippen molar-refractivity contribution < 1.29 is 9.53 Å². The van der Waals surface area contributed by atoms with Crippen molar-refractivity contribution in [1.29, 1.82) is 0 Å². The molecule has 5 rings (SSSR count). The standard InChI is InChI=1S/C21H19N5O2S/c1-10-8-13(21(28-3)26-25-10)15-5-4-12-14(24-15)6-7-16-17(12)18-19(29-16)20(27)23-11(2)9-22-18/h4-8,11,22H,9H2,1-3H3,(H,23,27)/t11-/m1/s1. The number of aromatic nitrogens is 3. The molecule has 0 saturated heterocycles. The molecule has 1 aliphatic heterocycles. The Morgan fingerprint density at radius 2 is 2.07 bits per heavy atom. The van der Waals surface area contributed by atoms with Crippen LogP contribution in [0.2, 0.25) is 0 Å². The first-order valence-electron chi connectivity index (χ1n) is 9.35. The Morgan fingerprint density at radius 3 is 2.90 bits per heavy atom. The Kier molecular flexibility index (Phi) is 4.09. The maximum absolute atomic E-state index is 12.6. The van der Waals surface area contributed by atoms with Crippen LogP contribution in [0, 0.1) is 6.92 Å². The van der Waals surface area contributed by atoms with Gasteiger partial charge in [-0.25, -0.2) is 4.98 Å². The van der Waals surface area contributed by atoms with Crippen molar-refractivity contribution in [1.82, 2.24) is 20.5 Å². The molecular weight excluding hydrogens is 386 g/mol. The summed E-state index contributed by atoms with van der Waals surface area (Å²) in [4.78, 5) is 18.2. The van der Waals surface area contributed by atoms with E-state index >= 15 is 0 Å². The molecule has 4 aromatic rings. The number of nitrogens with zero attached hydrogens (tertiary/aromatic N) is 3. The van der Waals surface area contributed by atoms with Gasteiger partial charge in [-0.2, -0.15) is 5.10 Å². The topological polar surface area (TPSA) is 89.0 Å². The molecule has 0 saturated carbocycles. The molecule has 2 N–H and O–H groups in total. The lowest BCUT2D eigenvalue weighted by Crippen LogP contribution is -2.34. The number of nitrogens with one attached hydrogen (secondary N) is 2. The van der Waals surface area contributed by atoms with Crippen molar-refractivity contribution in [3.63, 3.8) is 0 Å². The minimum atomic E-state index is -0.0282. The molecule has 1 aromatic carbocycles. The average Bonchev–Trinajstić information content (AvgIpc) is 3.04. The lowest BCUT2D eigenvalue weighted by atomic mass is 10.1. The molecule has 0 spiro atoms. The van der Waals surface area contributed by atoms with Gasteiger partial charge in [0.05, 0.1) is 35.3 Å². The van der Waals surface area contributed by atoms with Crippen LogP contribution in [0.15, 0.2) is 30.3 Å². The van der Waals surface area contributed by atoms with Gasteiger partial charge in [0, 0.05) is 28.1 Å². The van der Waals surface area contributed by atoms with Crippen molar-refractivity contribution in [3.8, 4) is 17.1 Å². The van der Waals surface area contributed by atoms with Gasteiger partial charge >= 0.3 is 0 Å². The minimum Gasteiger partial charge on any atom is -0.479 e. The summed E-state index contributed by atoms with van der Waals surface area (Å²) in [5.41, 5.74) is 4.12. The molecule has 0 radical (unpaired) electrons. The highest BCUT2D eigenvalue weighted by Gasteiger charge is 2.25. The highest BCUT2D eigenvalue weighted by atomic mass is 32.1. The summed E-state index contributed by atoms with van der Waals surface area (Å²) in [5, 5.41) is 16.7. The first-order chi connectivity index (χ1) is 14.0. The second-order valence-electron chi connectivity index (χ2n) is 7.17. The molecule has 0 bridgehead atoms. The zero-order valence-corrected chi connectivity index (χ0v) is 17.1. The maximum Gasteiger partial charge on any atom is 0.263 e. The number of amides is 1. The average molecular weight is 405 g/mol. The van der Waals surface area contributed by atoms with Gasteiger partial charge in [0.25, 0.3) is 5.91 Å². The van der Waals surface area contributed by atoms with Crippen LogP contribution in [0.5, 0.6) is 5.88 Å². The van der Waals surface area contributed by atoms with E-state index in [0.717, 1.165) is 48.5 Å². The number of hydrogen-bond donors (Lipinski definition) is 2. The van der Waals surface area contributed by atoms with Gasteiger partial charge in [-0.15, -0.1) is 16.4 Å². The molecule has 1 amide bonds. The van der Waals surface area contributed by atoms with Gasteiger partial charge in [-0.1, -0.05) is 0 Å². The zero-order valence-electron chi connectivity index (χ0n) is 16.2. The van der Waals surface area contributed by atoms with Crippen LogP contribution in [0.3, 0.4) is 0 Å². The summed E-state index contributed by atoms with van der Waals surface area (Å²) >= 11 is 1.51. The summed E-state index contributed by atoms with van der Waals surface area (Å²) in [7, 11) is 1.58. The number of thiophene rings is 1. The third-order valence-corrected chi connectivity index (χ3v) is 6.20. The fourth-order valence-electron chi connectivity index (χ4n) is 3.69. The lowest BCUT2D eigenvalue weighted by molar-refractivity contribution is 0.0949. The van der Waals surface area contributed by atoms with E-state index in [0.29, 0.717) is 12.4 Å². The predicted molar refractivity (Wildman–Crippen MR) is 115 cm³/mol. The van der Waals surface area contributed by atoms with E-state index in [1.165, 1.54) is 11.3 Å². The number of rotatable bonds is 2. The monoisotopic (exact) mass is 405 g/mol. The number of carbonyl (C=O) groups excluding carboxylic acids is 1. The number of carbonyl (C=O) groups is 1. The molecule has 1 aliphatic rings. The van der Waals surface area contributed by atoms with Crippen LogP contribution in [0.25, 0.3) is 32.2 Å². The molecule has 1 atom stereocenters. The van der Waals surface area contributed by atoms with Crippen LogP contribution in [0.1, 0.15) is 22.3 Å². The van der Waals surface area contributed by atoms with Gasteiger partial charge in [0.1, 0.15) is 4.88 Å². The highest BCUT2D eigenvalue weighted by Crippen LogP contribution is 2.41. The molecule has 4 heterocycles. The lowest BCUT2D eigenvalue weighted by Gasteiger charge is -2.11. The molecule has 7 nitrogen and oxygen atoms in total. The van der Waals surface area contributed by atoms with Crippen molar-refractivity contribution >= 4 is 43.9 Å². The molecule has 3 aromatic heterocycles. The first kappa shape index (κ1) is 17.8. The zero-order chi connectivity index (χ0) is 20.1. The van der Waals surface area contributed by atoms with Crippen molar-refractivity contribution in [2.24, 2.45) is 0 Å². The summed E-state index contributed by atoms with van der Waals surface area (Å²) in [6.45, 7) is 4.57. The number of ether oxygens (including phenoxy) is 1. The SMILES string of the molecule is COc1nnc(C)cc1-c1ccc2c(ccc3sc4c(c32)NC[C@@H](C)NC4=O)n1. The Balaban J connectivity index is 1.72. The fourth-order valence-corrected chi connectivity index (χ4v) is 4.79. The second-order valence-corrected chi connectivity index (χ2v) is 8.22. The minimum absolute atomic E-state index is 0.0282. The molecular formula is C21H19N5O2S. The van der Waals surface area contributed by atoms with Crippen LogP contribution < -0.4 is 15.4 Å². The van der Waals surface area contributed by atoms with Crippen LogP contribution in [0.4, 0.5) is 5.69 Å². The van der Waals surface area contributed by atoms with Gasteiger partial charge in [0.2, 0.25) is 5.88 Å². The normalized spacial score (nSPS) is 16.2. The number of fused-ring (bicyclic) bond motifs is 5. The molecule has 0 unspecified atom stereocenters. The van der Waals surface area contributed by atoms with E-state index in [2.05, 4.69) is 26.9 Å². The van der Waals surface area contributed by atoms with E-state index in [1.807, 2.05) is 38.1 Å². The molecule has 29 heavy (non-hydrogen) atoms. The summed E-state index contributed by atoms with van der Waals surface area (Å²) in [6.07, 6.45) is 0. The second kappa shape index (κ2) is 6.66. The highest BCUT2D eigenvalue weighted by molar-refractivity contribution is 7.21. The quantitative estimate of drug-likeness (QED) is 0.528. The van der Waals surface area contributed by atoms with Gasteiger partial charge < -0.3 is 15.4 Å². The van der Waals surface area contributed by atoms with Gasteiger partial charge in [0.15, 0.2) is 0 Å². The Labute approximate surface area is 171 Å². The van der Waals surface area contributed by atoms with E-state index in [9.17, 15) is 4.79 Å². The number of hydrogen-bond acceptors (Lipinski definition) is 7. The fraction of sp³-hybridized carbons (Fsp3) is 0.238. The smallest absolute Gasteiger partial charge is 0.263 e. The maximum atomic E-state index is 12.6. The van der Waals surface area contributed by atoms with Crippen LogP contribution in [-0.4, -0.2) is 40.8 Å². The number of aryl methyl sites for hydroxylation is 1. The van der Waals surface area contributed by atoms with Crippen molar-refractivity contribution in [2.45, 2.75) is 19.9 Å². The Morgan fingerprint density at radius 1 is 1.21 bits per heavy atom. The predicted octanol–water partition coefficient (Wildman–Crippen LogP) is 3.77. The van der Waals surface area contributed by atoms with E-state index in [1.54, 1.807) is 7.11 Å². The van der Waals surface area contributed by atoms with Gasteiger partial charge in [-0.05, 0) is 44.2 Å². The summed E-state index contributed by atoms with van der Waals surface area (Å²) in [6, 6.07) is 10.0. The third-order valence-electron chi connectivity index (χ3n) is 5.04. The first-order valence-corrected chi connectivity index (χ1v) is 10.2. The number of methoxy groups -OCH3 is 1. The van der Waals surface area contributed by atoms with Gasteiger partial charge in [-0.3, -0.25) is 4.79 Å². The van der Waals surface area contributed by atoms with Crippen LogP contribution >= 0.6 is 11.3 Å². The molecule has 8 heteroatoms. The third kappa shape index (κ3) is 2.87. The van der Waals surface area contributed by atoms with E-state index in [-0.39, 0.29) is 11.9 Å². The molecule has 146 valence electrons. The summed E-state index contributed by atoms with van der Waals surface area (Å²) in [5.74, 6) is 0.416. The number of benzene rings is 1. The Bertz CT molecular complexity index is 1280. The largest absolute Gasteiger partial charge is 0.479 e. The van der Waals surface area contributed by atoms with E-state index in [4.69, 9.17) is 9.72 Å². The number of anilines is 1. The van der Waals surface area contributed by atoms with E-state index < -0.39 is 0 Å². The van der Waals surface area contributed by atoms with Crippen LogP contribution in [-0.2, 0) is 0 Å².